The van der Waals surface area contributed by atoms with Gasteiger partial charge in [0.2, 0.25) is 0 Å². The number of furan rings is 1. The standard InChI is InChI=1S/C61H40N2O.C61H40N2/c1-4-16-43(17-5-1)61(44-18-6-2-7-19-44)55-25-13-10-22-49(55)50-35-33-47(39-56(50)61)62(48-34-36-53-52-24-12-15-27-59(52)64-60(53)40-48)46-31-28-41(29-32-46)42-30-37-58-54(38-42)51-23-11-14-26-57(51)63(58)45-20-8-3-9-21-45;1-3-15-41(16-4-1)42-27-32-46(33-28-42)62(47-34-29-43(30-35-47)44-31-38-60-54(39-44)53-22-10-14-26-59(53)63(60)45-17-5-2-6-18-45)48-36-37-52-51-21-9-13-25-57(51)61(58(52)40-48)55-23-11-7-19-49(55)50-20-8-12-24-56(50)61/h1-40H;1-40H. The molecule has 0 unspecified atom stereocenters. The van der Waals surface area contributed by atoms with Crippen molar-refractivity contribution in [1.82, 2.24) is 9.13 Å². The summed E-state index contributed by atoms with van der Waals surface area (Å²) in [4.78, 5) is 4.82. The molecule has 23 aromatic rings. The normalized spacial score (nSPS) is 12.9. The zero-order valence-electron chi connectivity index (χ0n) is 69.4. The Kier molecular flexibility index (Phi) is 17.0. The average Bonchev–Trinajstić information content (AvgIpc) is 1.50. The second-order valence-corrected chi connectivity index (χ2v) is 33.7. The third kappa shape index (κ3) is 11.5. The summed E-state index contributed by atoms with van der Waals surface area (Å²) in [7, 11) is 0. The van der Waals surface area contributed by atoms with Gasteiger partial charge in [-0.2, -0.15) is 0 Å². The summed E-state index contributed by atoms with van der Waals surface area (Å²) in [5, 5.41) is 7.21. The van der Waals surface area contributed by atoms with Crippen molar-refractivity contribution in [3.63, 3.8) is 0 Å². The van der Waals surface area contributed by atoms with Gasteiger partial charge < -0.3 is 23.4 Å². The van der Waals surface area contributed by atoms with Gasteiger partial charge in [0.25, 0.3) is 0 Å². The fraction of sp³-hybridized carbons (Fsp3) is 0.0164. The Hall–Kier alpha value is -16.6. The lowest BCUT2D eigenvalue weighted by molar-refractivity contribution is 0.669. The molecule has 594 valence electrons. The Morgan fingerprint density at radius 2 is 0.472 bits per heavy atom. The molecular weight excluding hydrogens is 1540 g/mol. The minimum atomic E-state index is -0.523. The topological polar surface area (TPSA) is 29.5 Å². The molecule has 1 spiro atoms. The summed E-state index contributed by atoms with van der Waals surface area (Å²) in [5.74, 6) is 0. The van der Waals surface area contributed by atoms with Gasteiger partial charge in [-0.25, -0.2) is 0 Å². The molecule has 3 aromatic heterocycles. The van der Waals surface area contributed by atoms with E-state index in [1.54, 1.807) is 0 Å². The second kappa shape index (κ2) is 29.6. The van der Waals surface area contributed by atoms with Gasteiger partial charge >= 0.3 is 0 Å². The summed E-state index contributed by atoms with van der Waals surface area (Å²) in [6.07, 6.45) is 0. The Balaban J connectivity index is 0.000000138. The molecule has 0 atom stereocenters. The fourth-order valence-electron chi connectivity index (χ4n) is 21.6. The molecule has 0 aliphatic heterocycles. The first-order chi connectivity index (χ1) is 63.0. The van der Waals surface area contributed by atoms with E-state index in [2.05, 4.69) is 492 Å². The fourth-order valence-corrected chi connectivity index (χ4v) is 21.6. The van der Waals surface area contributed by atoms with Crippen molar-refractivity contribution in [1.29, 1.82) is 0 Å². The molecule has 5 nitrogen and oxygen atoms in total. The van der Waals surface area contributed by atoms with Crippen LogP contribution in [-0.4, -0.2) is 9.13 Å². The minimum absolute atomic E-state index is 0.426. The first-order valence-electron chi connectivity index (χ1n) is 43.8. The lowest BCUT2D eigenvalue weighted by Gasteiger charge is -2.35. The molecule has 26 rings (SSSR count). The third-order valence-electron chi connectivity index (χ3n) is 27.1. The number of fused-ring (bicyclic) bond motifs is 22. The molecule has 3 aliphatic rings. The van der Waals surface area contributed by atoms with Gasteiger partial charge in [0.15, 0.2) is 0 Å². The first kappa shape index (κ1) is 73.1. The molecule has 5 heteroatoms. The number of nitrogens with zero attached hydrogens (tertiary/aromatic N) is 4. The summed E-state index contributed by atoms with van der Waals surface area (Å²) in [5.41, 5.74) is 39.7. The van der Waals surface area contributed by atoms with Gasteiger partial charge in [0, 0.05) is 83.9 Å². The maximum Gasteiger partial charge on any atom is 0.137 e. The number of para-hydroxylation sites is 5. The van der Waals surface area contributed by atoms with Gasteiger partial charge in [0.1, 0.15) is 11.2 Å². The highest BCUT2D eigenvalue weighted by atomic mass is 16.3. The van der Waals surface area contributed by atoms with Crippen molar-refractivity contribution < 1.29 is 4.42 Å². The van der Waals surface area contributed by atoms with Crippen LogP contribution in [-0.2, 0) is 10.8 Å². The molecular formula is C122H80N4O. The first-order valence-corrected chi connectivity index (χ1v) is 43.8. The third-order valence-corrected chi connectivity index (χ3v) is 27.1. The number of hydrogen-bond donors (Lipinski definition) is 0. The highest BCUT2D eigenvalue weighted by Gasteiger charge is 2.52. The number of anilines is 6. The lowest BCUT2D eigenvalue weighted by atomic mass is 9.67. The van der Waals surface area contributed by atoms with Crippen LogP contribution >= 0.6 is 0 Å². The van der Waals surface area contributed by atoms with Crippen molar-refractivity contribution in [2.45, 2.75) is 10.8 Å². The highest BCUT2D eigenvalue weighted by molar-refractivity contribution is 6.13. The zero-order valence-corrected chi connectivity index (χ0v) is 69.4. The van der Waals surface area contributed by atoms with Gasteiger partial charge in [-0.3, -0.25) is 0 Å². The van der Waals surface area contributed by atoms with E-state index in [0.29, 0.717) is 0 Å². The van der Waals surface area contributed by atoms with Crippen LogP contribution in [0, 0.1) is 0 Å². The van der Waals surface area contributed by atoms with Crippen LogP contribution in [0.3, 0.4) is 0 Å². The second-order valence-electron chi connectivity index (χ2n) is 33.7. The molecule has 0 amide bonds. The molecule has 0 bridgehead atoms. The van der Waals surface area contributed by atoms with Gasteiger partial charge in [0.05, 0.1) is 32.9 Å². The maximum atomic E-state index is 6.52. The van der Waals surface area contributed by atoms with Crippen molar-refractivity contribution in [3.8, 4) is 78.1 Å². The van der Waals surface area contributed by atoms with E-state index in [9.17, 15) is 0 Å². The van der Waals surface area contributed by atoms with E-state index in [-0.39, 0.29) is 0 Å². The predicted octanol–water partition coefficient (Wildman–Crippen LogP) is 32.1. The number of benzene rings is 20. The Morgan fingerprint density at radius 3 is 0.929 bits per heavy atom. The van der Waals surface area contributed by atoms with E-state index in [1.807, 2.05) is 12.1 Å². The van der Waals surface area contributed by atoms with Crippen LogP contribution in [0.15, 0.2) is 490 Å². The molecule has 3 aliphatic carbocycles. The molecule has 0 fully saturated rings. The molecule has 0 saturated carbocycles. The summed E-state index contributed by atoms with van der Waals surface area (Å²) in [6, 6.07) is 178. The van der Waals surface area contributed by atoms with Gasteiger partial charge in [-0.15, -0.1) is 0 Å². The van der Waals surface area contributed by atoms with E-state index >= 15 is 0 Å². The summed E-state index contributed by atoms with van der Waals surface area (Å²) >= 11 is 0. The largest absolute Gasteiger partial charge is 0.456 e. The predicted molar refractivity (Wildman–Crippen MR) is 528 cm³/mol. The number of aromatic nitrogens is 2. The number of rotatable bonds is 13. The maximum absolute atomic E-state index is 6.52. The van der Waals surface area contributed by atoms with Crippen LogP contribution in [0.5, 0.6) is 0 Å². The Morgan fingerprint density at radius 1 is 0.173 bits per heavy atom. The zero-order chi connectivity index (χ0) is 83.7. The monoisotopic (exact) mass is 1620 g/mol. The SMILES string of the molecule is c1ccc(-c2ccc(N(c3ccc(-c4ccc5c(c4)c4ccccc4n5-c4ccccc4)cc3)c3ccc4c(c3)C3(c5ccccc5-c5ccccc53)c3ccccc3-4)cc2)cc1.c1ccc(-n2c3ccccc3c3cc(-c4ccc(N(c5ccc6c(c5)C(c5ccccc5)(c5ccccc5)c5ccccc5-6)c5ccc6c(c5)oc5ccccc56)cc4)ccc32)cc1. The van der Waals surface area contributed by atoms with Crippen LogP contribution in [0.1, 0.15) is 44.5 Å². The van der Waals surface area contributed by atoms with Crippen molar-refractivity contribution >= 4 is 99.7 Å². The molecule has 3 heterocycles. The molecule has 0 saturated heterocycles. The van der Waals surface area contributed by atoms with Crippen LogP contribution in [0.25, 0.3) is 144 Å². The van der Waals surface area contributed by atoms with Gasteiger partial charge in [-0.05, 0) is 251 Å². The Labute approximate surface area is 736 Å². The molecule has 0 radical (unpaired) electrons. The van der Waals surface area contributed by atoms with Crippen molar-refractivity contribution in [2.75, 3.05) is 9.80 Å². The Bertz CT molecular complexity index is 8130. The van der Waals surface area contributed by atoms with Crippen molar-refractivity contribution in [3.05, 3.63) is 530 Å². The molecule has 20 aromatic carbocycles. The lowest BCUT2D eigenvalue weighted by Crippen LogP contribution is -2.28. The van der Waals surface area contributed by atoms with Crippen LogP contribution in [0.2, 0.25) is 0 Å². The van der Waals surface area contributed by atoms with E-state index in [4.69, 9.17) is 4.42 Å². The van der Waals surface area contributed by atoms with Crippen molar-refractivity contribution in [2.24, 2.45) is 0 Å². The summed E-state index contributed by atoms with van der Waals surface area (Å²) < 4.78 is 11.3. The van der Waals surface area contributed by atoms with E-state index < -0.39 is 10.8 Å². The minimum Gasteiger partial charge on any atom is -0.456 e. The van der Waals surface area contributed by atoms with E-state index in [1.165, 1.54) is 155 Å². The molecule has 127 heavy (non-hydrogen) atoms. The van der Waals surface area contributed by atoms with Crippen LogP contribution in [0.4, 0.5) is 34.1 Å². The van der Waals surface area contributed by atoms with Crippen LogP contribution < -0.4 is 9.80 Å². The van der Waals surface area contributed by atoms with E-state index in [0.717, 1.165) is 67.3 Å². The summed E-state index contributed by atoms with van der Waals surface area (Å²) in [6.45, 7) is 0. The molecule has 0 N–H and O–H groups in total. The average molecular weight is 1620 g/mol. The smallest absolute Gasteiger partial charge is 0.137 e. The highest BCUT2D eigenvalue weighted by Crippen LogP contribution is 2.64. The number of hydrogen-bond acceptors (Lipinski definition) is 3. The van der Waals surface area contributed by atoms with Gasteiger partial charge in [-0.1, -0.05) is 340 Å². The quantitative estimate of drug-likeness (QED) is 0.115.